The number of benzene rings is 3. The van der Waals surface area contributed by atoms with Gasteiger partial charge in [0, 0.05) is 19.1 Å². The average molecular weight is 330 g/mol. The quantitative estimate of drug-likeness (QED) is 0.715. The van der Waals surface area contributed by atoms with Gasteiger partial charge in [-0.3, -0.25) is 0 Å². The summed E-state index contributed by atoms with van der Waals surface area (Å²) < 4.78 is 0. The van der Waals surface area contributed by atoms with Crippen molar-refractivity contribution in [2.24, 2.45) is 11.7 Å². The minimum Gasteiger partial charge on any atom is -0.329 e. The number of fused-ring (bicyclic) bond motifs is 2. The van der Waals surface area contributed by atoms with Crippen molar-refractivity contribution < 1.29 is 0 Å². The second kappa shape index (κ2) is 7.38. The van der Waals surface area contributed by atoms with Crippen molar-refractivity contribution in [1.82, 2.24) is 5.32 Å². The maximum absolute atomic E-state index is 6.05. The van der Waals surface area contributed by atoms with Gasteiger partial charge in [-0.2, -0.15) is 0 Å². The Morgan fingerprint density at radius 3 is 2.28 bits per heavy atom. The van der Waals surface area contributed by atoms with Gasteiger partial charge in [-0.15, -0.1) is 0 Å². The van der Waals surface area contributed by atoms with Crippen molar-refractivity contribution in [3.05, 3.63) is 83.4 Å². The van der Waals surface area contributed by atoms with E-state index in [1.54, 1.807) is 0 Å². The van der Waals surface area contributed by atoms with Crippen LogP contribution in [0.1, 0.15) is 23.1 Å². The van der Waals surface area contributed by atoms with E-state index in [4.69, 9.17) is 5.73 Å². The summed E-state index contributed by atoms with van der Waals surface area (Å²) in [4.78, 5) is 0. The van der Waals surface area contributed by atoms with Crippen LogP contribution in [0.5, 0.6) is 0 Å². The molecule has 0 aliphatic heterocycles. The van der Waals surface area contributed by atoms with Crippen LogP contribution < -0.4 is 11.1 Å². The van der Waals surface area contributed by atoms with Crippen LogP contribution in [0.4, 0.5) is 0 Å². The molecule has 0 bridgehead atoms. The fraction of sp³-hybridized carbons (Fsp3) is 0.304. The predicted molar refractivity (Wildman–Crippen MR) is 106 cm³/mol. The SMILES string of the molecule is NCC(CC1Cc2ccccc2C1)NCc1ccc2ccccc2c1. The van der Waals surface area contributed by atoms with Crippen molar-refractivity contribution in [2.75, 3.05) is 6.54 Å². The summed E-state index contributed by atoms with van der Waals surface area (Å²) in [5.74, 6) is 0.718. The number of nitrogens with one attached hydrogen (secondary N) is 1. The first-order valence-corrected chi connectivity index (χ1v) is 9.30. The second-order valence-electron chi connectivity index (χ2n) is 7.27. The topological polar surface area (TPSA) is 38.0 Å². The Morgan fingerprint density at radius 2 is 1.56 bits per heavy atom. The molecule has 3 aromatic rings. The van der Waals surface area contributed by atoms with Crippen LogP contribution in [-0.4, -0.2) is 12.6 Å². The molecule has 0 saturated carbocycles. The Labute approximate surface area is 150 Å². The first-order valence-electron chi connectivity index (χ1n) is 9.30. The molecule has 1 atom stereocenters. The molecule has 3 aromatic carbocycles. The molecule has 0 spiro atoms. The van der Waals surface area contributed by atoms with Gasteiger partial charge >= 0.3 is 0 Å². The first-order chi connectivity index (χ1) is 12.3. The van der Waals surface area contributed by atoms with Gasteiger partial charge in [0.25, 0.3) is 0 Å². The molecular formula is C23H26N2. The van der Waals surface area contributed by atoms with E-state index in [2.05, 4.69) is 72.0 Å². The summed E-state index contributed by atoms with van der Waals surface area (Å²) in [7, 11) is 0. The number of hydrogen-bond donors (Lipinski definition) is 2. The number of rotatable bonds is 6. The third-order valence-electron chi connectivity index (χ3n) is 5.45. The van der Waals surface area contributed by atoms with Crippen molar-refractivity contribution >= 4 is 10.8 Å². The van der Waals surface area contributed by atoms with Gasteiger partial charge in [0.2, 0.25) is 0 Å². The lowest BCUT2D eigenvalue weighted by Gasteiger charge is -2.20. The zero-order valence-corrected chi connectivity index (χ0v) is 14.6. The largest absolute Gasteiger partial charge is 0.329 e. The smallest absolute Gasteiger partial charge is 0.0208 e. The van der Waals surface area contributed by atoms with Gasteiger partial charge in [-0.25, -0.2) is 0 Å². The van der Waals surface area contributed by atoms with E-state index in [1.807, 2.05) is 0 Å². The molecule has 3 N–H and O–H groups in total. The van der Waals surface area contributed by atoms with Gasteiger partial charge < -0.3 is 11.1 Å². The number of nitrogens with two attached hydrogens (primary N) is 1. The Kier molecular flexibility index (Phi) is 4.82. The molecule has 2 nitrogen and oxygen atoms in total. The Hall–Kier alpha value is -2.16. The molecule has 0 radical (unpaired) electrons. The van der Waals surface area contributed by atoms with Crippen LogP contribution in [0.2, 0.25) is 0 Å². The first kappa shape index (κ1) is 16.3. The second-order valence-corrected chi connectivity index (χ2v) is 7.27. The molecule has 0 saturated heterocycles. The van der Waals surface area contributed by atoms with E-state index in [9.17, 15) is 0 Å². The molecule has 1 aliphatic carbocycles. The summed E-state index contributed by atoms with van der Waals surface area (Å²) in [6, 6.07) is 24.5. The molecule has 128 valence electrons. The van der Waals surface area contributed by atoms with E-state index < -0.39 is 0 Å². The van der Waals surface area contributed by atoms with Crippen molar-refractivity contribution in [3.8, 4) is 0 Å². The minimum atomic E-state index is 0.380. The molecule has 0 aromatic heterocycles. The fourth-order valence-electron chi connectivity index (χ4n) is 4.09. The molecule has 25 heavy (non-hydrogen) atoms. The molecule has 0 amide bonds. The fourth-order valence-corrected chi connectivity index (χ4v) is 4.09. The lowest BCUT2D eigenvalue weighted by atomic mass is 9.96. The predicted octanol–water partition coefficient (Wildman–Crippen LogP) is 4.06. The van der Waals surface area contributed by atoms with E-state index in [1.165, 1.54) is 40.3 Å². The van der Waals surface area contributed by atoms with E-state index in [0.29, 0.717) is 12.6 Å². The summed E-state index contributed by atoms with van der Waals surface area (Å²) in [6.07, 6.45) is 3.55. The van der Waals surface area contributed by atoms with Gasteiger partial charge in [0.15, 0.2) is 0 Å². The molecule has 2 heteroatoms. The highest BCUT2D eigenvalue weighted by molar-refractivity contribution is 5.82. The van der Waals surface area contributed by atoms with E-state index in [0.717, 1.165) is 18.9 Å². The minimum absolute atomic E-state index is 0.380. The summed E-state index contributed by atoms with van der Waals surface area (Å²) in [5, 5.41) is 6.28. The molecule has 0 heterocycles. The monoisotopic (exact) mass is 330 g/mol. The summed E-state index contributed by atoms with van der Waals surface area (Å²) >= 11 is 0. The Bertz CT molecular complexity index is 830. The summed E-state index contributed by atoms with van der Waals surface area (Å²) in [6.45, 7) is 1.58. The zero-order valence-electron chi connectivity index (χ0n) is 14.6. The summed E-state index contributed by atoms with van der Waals surface area (Å²) in [5.41, 5.74) is 10.4. The van der Waals surface area contributed by atoms with E-state index >= 15 is 0 Å². The maximum Gasteiger partial charge on any atom is 0.0208 e. The van der Waals surface area contributed by atoms with Crippen LogP contribution in [0, 0.1) is 5.92 Å². The molecule has 4 rings (SSSR count). The number of hydrogen-bond acceptors (Lipinski definition) is 2. The molecular weight excluding hydrogens is 304 g/mol. The van der Waals surface area contributed by atoms with Crippen LogP contribution in [0.3, 0.4) is 0 Å². The van der Waals surface area contributed by atoms with E-state index in [-0.39, 0.29) is 0 Å². The van der Waals surface area contributed by atoms with Gasteiger partial charge in [0.1, 0.15) is 0 Å². The zero-order chi connectivity index (χ0) is 17.1. The van der Waals surface area contributed by atoms with Crippen molar-refractivity contribution in [3.63, 3.8) is 0 Å². The highest BCUT2D eigenvalue weighted by Gasteiger charge is 2.23. The third kappa shape index (κ3) is 3.76. The van der Waals surface area contributed by atoms with Gasteiger partial charge in [-0.1, -0.05) is 60.7 Å². The third-order valence-corrected chi connectivity index (χ3v) is 5.45. The maximum atomic E-state index is 6.05. The lowest BCUT2D eigenvalue weighted by molar-refractivity contribution is 0.395. The van der Waals surface area contributed by atoms with Gasteiger partial charge in [-0.05, 0) is 58.7 Å². The van der Waals surface area contributed by atoms with Crippen LogP contribution in [0.25, 0.3) is 10.8 Å². The van der Waals surface area contributed by atoms with Crippen molar-refractivity contribution in [2.45, 2.75) is 31.8 Å². The van der Waals surface area contributed by atoms with Crippen LogP contribution in [0.15, 0.2) is 66.7 Å². The standard InChI is InChI=1S/C23H26N2/c24-15-23(14-18-12-21-7-3-4-8-22(21)13-18)25-16-17-9-10-19-5-1-2-6-20(19)11-17/h1-11,18,23,25H,12-16,24H2. The highest BCUT2D eigenvalue weighted by Crippen LogP contribution is 2.29. The molecule has 1 aliphatic rings. The Balaban J connectivity index is 1.36. The lowest BCUT2D eigenvalue weighted by Crippen LogP contribution is -2.37. The van der Waals surface area contributed by atoms with Crippen LogP contribution in [-0.2, 0) is 19.4 Å². The molecule has 1 unspecified atom stereocenters. The van der Waals surface area contributed by atoms with Crippen molar-refractivity contribution in [1.29, 1.82) is 0 Å². The normalized spacial score (nSPS) is 15.4. The van der Waals surface area contributed by atoms with Crippen LogP contribution >= 0.6 is 0 Å². The highest BCUT2D eigenvalue weighted by atomic mass is 14.9. The average Bonchev–Trinajstić information content (AvgIpc) is 3.07. The van der Waals surface area contributed by atoms with Gasteiger partial charge in [0.05, 0.1) is 0 Å². The Morgan fingerprint density at radius 1 is 0.880 bits per heavy atom. The molecule has 0 fully saturated rings.